The predicted octanol–water partition coefficient (Wildman–Crippen LogP) is 5.36. The summed E-state index contributed by atoms with van der Waals surface area (Å²) >= 11 is 0. The van der Waals surface area contributed by atoms with Gasteiger partial charge in [0.2, 0.25) is 5.88 Å². The number of aliphatic carboxylic acids is 1. The minimum atomic E-state index is -1.13. The molecule has 3 aromatic heterocycles. The van der Waals surface area contributed by atoms with Gasteiger partial charge in [-0.3, -0.25) is 14.7 Å². The summed E-state index contributed by atoms with van der Waals surface area (Å²) < 4.78 is 13.8. The molecule has 1 aliphatic heterocycles. The van der Waals surface area contributed by atoms with Crippen LogP contribution < -0.4 is 4.74 Å². The number of rotatable bonds is 11. The topological polar surface area (TPSA) is 103 Å². The van der Waals surface area contributed by atoms with Crippen molar-refractivity contribution in [1.29, 1.82) is 0 Å². The number of likely N-dealkylation sites (tertiary alicyclic amines) is 1. The Hall–Kier alpha value is -3.60. The number of benzene rings is 1. The molecule has 1 N–H and O–H groups in total. The highest BCUT2D eigenvalue weighted by atomic mass is 28.3. The van der Waals surface area contributed by atoms with Crippen molar-refractivity contribution < 1.29 is 19.4 Å². The molecule has 40 heavy (non-hydrogen) atoms. The average Bonchev–Trinajstić information content (AvgIpc) is 3.21. The third-order valence-electron chi connectivity index (χ3n) is 7.84. The van der Waals surface area contributed by atoms with Gasteiger partial charge >= 0.3 is 5.97 Å². The second-order valence-corrected chi connectivity index (χ2v) is 17.7. The van der Waals surface area contributed by atoms with E-state index in [0.29, 0.717) is 30.2 Å². The van der Waals surface area contributed by atoms with Crippen molar-refractivity contribution in [2.75, 3.05) is 19.7 Å². The van der Waals surface area contributed by atoms with E-state index in [4.69, 9.17) is 14.5 Å². The van der Waals surface area contributed by atoms with E-state index in [0.717, 1.165) is 60.1 Å². The van der Waals surface area contributed by atoms with Crippen molar-refractivity contribution in [3.63, 3.8) is 0 Å². The van der Waals surface area contributed by atoms with Crippen LogP contribution in [0.1, 0.15) is 5.69 Å². The normalized spacial score (nSPS) is 20.5. The van der Waals surface area contributed by atoms with Crippen LogP contribution in [0, 0.1) is 17.8 Å². The van der Waals surface area contributed by atoms with Gasteiger partial charge in [0.1, 0.15) is 12.5 Å². The van der Waals surface area contributed by atoms with Gasteiger partial charge < -0.3 is 14.6 Å². The number of hydrogen-bond donors (Lipinski definition) is 1. The first kappa shape index (κ1) is 26.6. The second-order valence-electron chi connectivity index (χ2n) is 12.1. The summed E-state index contributed by atoms with van der Waals surface area (Å²) in [6, 6.07) is 16.9. The van der Waals surface area contributed by atoms with E-state index >= 15 is 0 Å². The summed E-state index contributed by atoms with van der Waals surface area (Å²) in [7, 11) is -1.13. The lowest BCUT2D eigenvalue weighted by molar-refractivity contribution is -0.139. The average molecular weight is 558 g/mol. The lowest BCUT2D eigenvalue weighted by Crippen LogP contribution is -2.26. The molecule has 0 amide bonds. The molecule has 0 bridgehead atoms. The Balaban J connectivity index is 1.05. The van der Waals surface area contributed by atoms with Crippen LogP contribution in [0.4, 0.5) is 0 Å². The molecule has 10 heteroatoms. The largest absolute Gasteiger partial charge is 0.481 e. The van der Waals surface area contributed by atoms with Crippen LogP contribution in [-0.2, 0) is 22.8 Å². The van der Waals surface area contributed by atoms with E-state index in [1.54, 1.807) is 12.4 Å². The molecule has 1 aromatic carbocycles. The Labute approximate surface area is 234 Å². The van der Waals surface area contributed by atoms with Crippen LogP contribution in [0.3, 0.4) is 0 Å². The van der Waals surface area contributed by atoms with Gasteiger partial charge in [-0.2, -0.15) is 5.10 Å². The lowest BCUT2D eigenvalue weighted by atomic mass is 10.2. The summed E-state index contributed by atoms with van der Waals surface area (Å²) in [6.07, 6.45) is 3.57. The molecule has 0 radical (unpaired) electrons. The van der Waals surface area contributed by atoms with E-state index < -0.39 is 14.0 Å². The number of hydrogen-bond acceptors (Lipinski definition) is 7. The molecule has 2 fully saturated rings. The molecule has 1 saturated heterocycles. The molecule has 4 heterocycles. The van der Waals surface area contributed by atoms with Gasteiger partial charge in [0.05, 0.1) is 22.8 Å². The fourth-order valence-corrected chi connectivity index (χ4v) is 6.32. The maximum absolute atomic E-state index is 11.2. The minimum absolute atomic E-state index is 0.141. The van der Waals surface area contributed by atoms with Gasteiger partial charge in [0.25, 0.3) is 0 Å². The smallest absolute Gasteiger partial charge is 0.307 e. The monoisotopic (exact) mass is 557 g/mol. The number of piperidine rings is 1. The first-order valence-electron chi connectivity index (χ1n) is 13.8. The van der Waals surface area contributed by atoms with Gasteiger partial charge in [-0.05, 0) is 54.3 Å². The van der Waals surface area contributed by atoms with Crippen molar-refractivity contribution in [3.05, 3.63) is 66.6 Å². The Morgan fingerprint density at radius 2 is 1.90 bits per heavy atom. The van der Waals surface area contributed by atoms with E-state index in [9.17, 15) is 9.90 Å². The standard InChI is InChI=1S/C30H35N5O4Si/c1-40(2,3)13-12-38-19-35-27(10-11-32-35)21-5-9-28(31-15-21)39-23-7-8-26-20(14-23)4-6-22(33-26)16-34-17-24-25(18-34)29(24)30(36)37/h4-11,14-15,24-25,29H,12-13,16-19H2,1-3H3,(H,36,37)/t24-,25+,29+. The maximum Gasteiger partial charge on any atom is 0.307 e. The summed E-state index contributed by atoms with van der Waals surface area (Å²) in [6.45, 7) is 10.6. The van der Waals surface area contributed by atoms with Crippen LogP contribution >= 0.6 is 0 Å². The zero-order valence-electron chi connectivity index (χ0n) is 23.2. The van der Waals surface area contributed by atoms with E-state index in [1.165, 1.54) is 0 Å². The van der Waals surface area contributed by atoms with Crippen LogP contribution in [0.25, 0.3) is 22.2 Å². The van der Waals surface area contributed by atoms with Crippen LogP contribution in [-0.4, -0.2) is 63.5 Å². The number of carboxylic acids is 1. The van der Waals surface area contributed by atoms with Crippen molar-refractivity contribution in [3.8, 4) is 22.9 Å². The fourth-order valence-electron chi connectivity index (χ4n) is 5.56. The molecule has 0 unspecified atom stereocenters. The van der Waals surface area contributed by atoms with Gasteiger partial charge in [0, 0.05) is 63.7 Å². The van der Waals surface area contributed by atoms with Crippen molar-refractivity contribution >= 4 is 24.9 Å². The Morgan fingerprint density at radius 3 is 2.62 bits per heavy atom. The molecule has 208 valence electrons. The number of fused-ring (bicyclic) bond motifs is 2. The number of carboxylic acid groups (broad SMARTS) is 1. The first-order valence-corrected chi connectivity index (χ1v) is 17.5. The Morgan fingerprint density at radius 1 is 1.07 bits per heavy atom. The molecule has 0 spiro atoms. The molecule has 3 atom stereocenters. The number of carbonyl (C=O) groups is 1. The third kappa shape index (κ3) is 5.94. The molecule has 1 aliphatic carbocycles. The van der Waals surface area contributed by atoms with Gasteiger partial charge in [-0.1, -0.05) is 25.7 Å². The number of ether oxygens (including phenoxy) is 2. The molecular formula is C30H35N5O4Si. The van der Waals surface area contributed by atoms with Gasteiger partial charge in [-0.15, -0.1) is 0 Å². The molecule has 2 aliphatic rings. The van der Waals surface area contributed by atoms with E-state index in [-0.39, 0.29) is 5.92 Å². The number of nitrogens with zero attached hydrogens (tertiary/aromatic N) is 5. The van der Waals surface area contributed by atoms with Crippen LogP contribution in [0.2, 0.25) is 25.7 Å². The molecular weight excluding hydrogens is 522 g/mol. The summed E-state index contributed by atoms with van der Waals surface area (Å²) in [5, 5.41) is 14.6. The predicted molar refractivity (Wildman–Crippen MR) is 155 cm³/mol. The highest BCUT2D eigenvalue weighted by Gasteiger charge is 2.59. The lowest BCUT2D eigenvalue weighted by Gasteiger charge is -2.18. The van der Waals surface area contributed by atoms with Crippen LogP contribution in [0.5, 0.6) is 11.6 Å². The van der Waals surface area contributed by atoms with Crippen molar-refractivity contribution in [2.45, 2.75) is 39.0 Å². The van der Waals surface area contributed by atoms with E-state index in [1.807, 2.05) is 47.1 Å². The number of pyridine rings is 2. The van der Waals surface area contributed by atoms with Gasteiger partial charge in [-0.25, -0.2) is 9.67 Å². The first-order chi connectivity index (χ1) is 19.2. The molecule has 4 aromatic rings. The molecule has 1 saturated carbocycles. The van der Waals surface area contributed by atoms with Crippen molar-refractivity contribution in [2.24, 2.45) is 17.8 Å². The highest BCUT2D eigenvalue weighted by molar-refractivity contribution is 6.76. The zero-order chi connectivity index (χ0) is 27.9. The van der Waals surface area contributed by atoms with E-state index in [2.05, 4.69) is 40.7 Å². The Bertz CT molecular complexity index is 1500. The zero-order valence-corrected chi connectivity index (χ0v) is 24.2. The minimum Gasteiger partial charge on any atom is -0.481 e. The fraction of sp³-hybridized carbons (Fsp3) is 0.400. The molecule has 6 rings (SSSR count). The molecule has 9 nitrogen and oxygen atoms in total. The third-order valence-corrected chi connectivity index (χ3v) is 9.54. The van der Waals surface area contributed by atoms with Gasteiger partial charge in [0.15, 0.2) is 0 Å². The summed E-state index contributed by atoms with van der Waals surface area (Å²) in [5.74, 6) is 1.03. The summed E-state index contributed by atoms with van der Waals surface area (Å²) in [4.78, 5) is 22.9. The van der Waals surface area contributed by atoms with Crippen LogP contribution in [0.15, 0.2) is 60.9 Å². The SMILES string of the molecule is C[Si](C)(C)CCOCn1nccc1-c1ccc(Oc2ccc3nc(CN4C[C@@H]5[C@H](C4)[C@H]5C(=O)O)ccc3c2)nc1. The number of aromatic nitrogens is 4. The van der Waals surface area contributed by atoms with Crippen molar-refractivity contribution in [1.82, 2.24) is 24.6 Å². The highest BCUT2D eigenvalue weighted by Crippen LogP contribution is 2.51. The maximum atomic E-state index is 11.2. The summed E-state index contributed by atoms with van der Waals surface area (Å²) in [5.41, 5.74) is 3.79. The quantitative estimate of drug-likeness (QED) is 0.194. The second kappa shape index (κ2) is 10.8. The Kier molecular flexibility index (Phi) is 7.16.